The van der Waals surface area contributed by atoms with Gasteiger partial charge >= 0.3 is 0 Å². The Morgan fingerprint density at radius 1 is 1.30 bits per heavy atom. The van der Waals surface area contributed by atoms with E-state index in [9.17, 15) is 4.79 Å². The number of aromatic nitrogens is 2. The van der Waals surface area contributed by atoms with Crippen LogP contribution >= 0.6 is 15.9 Å². The molecule has 0 fully saturated rings. The second-order valence-corrected chi connectivity index (χ2v) is 5.43. The van der Waals surface area contributed by atoms with Crippen LogP contribution in [-0.4, -0.2) is 16.5 Å². The van der Waals surface area contributed by atoms with Gasteiger partial charge in [-0.3, -0.25) is 9.48 Å². The number of nitrogens with two attached hydrogens (primary N) is 1. The van der Waals surface area contributed by atoms with E-state index in [1.807, 2.05) is 28.9 Å². The van der Waals surface area contributed by atoms with Crippen molar-refractivity contribution < 1.29 is 4.74 Å². The molecule has 0 saturated carbocycles. The topological polar surface area (TPSA) is 62.2 Å². The van der Waals surface area contributed by atoms with Crippen molar-refractivity contribution in [2.75, 3.05) is 12.8 Å². The zero-order valence-electron chi connectivity index (χ0n) is 11.6. The summed E-state index contributed by atoms with van der Waals surface area (Å²) in [5, 5.41) is 0. The fourth-order valence-electron chi connectivity index (χ4n) is 2.18. The summed E-state index contributed by atoms with van der Waals surface area (Å²) in [5.74, 6) is 0. The first-order valence-corrected chi connectivity index (χ1v) is 7.24. The zero-order valence-corrected chi connectivity index (χ0v) is 13.2. The number of hydrogen-bond acceptors (Lipinski definition) is 3. The van der Waals surface area contributed by atoms with E-state index in [-0.39, 0.29) is 11.2 Å². The molecule has 108 valence electrons. The van der Waals surface area contributed by atoms with Crippen molar-refractivity contribution in [1.29, 1.82) is 0 Å². The average Bonchev–Trinajstić information content (AvgIpc) is 2.66. The molecule has 0 radical (unpaired) electrons. The molecule has 1 aromatic carbocycles. The van der Waals surface area contributed by atoms with E-state index < -0.39 is 0 Å². The van der Waals surface area contributed by atoms with Crippen LogP contribution in [0.5, 0.6) is 0 Å². The van der Waals surface area contributed by atoms with Gasteiger partial charge in [-0.15, -0.1) is 0 Å². The molecule has 2 rings (SSSR count). The number of anilines is 1. The van der Waals surface area contributed by atoms with Gasteiger partial charge in [0.15, 0.2) is 0 Å². The van der Waals surface area contributed by atoms with Gasteiger partial charge in [-0.05, 0) is 30.7 Å². The van der Waals surface area contributed by atoms with Gasteiger partial charge in [-0.25, -0.2) is 4.68 Å². The highest BCUT2D eigenvalue weighted by Gasteiger charge is 2.18. The van der Waals surface area contributed by atoms with E-state index in [0.717, 1.165) is 22.3 Å². The van der Waals surface area contributed by atoms with Crippen LogP contribution in [0.15, 0.2) is 33.5 Å². The lowest BCUT2D eigenvalue weighted by Crippen LogP contribution is -2.22. The summed E-state index contributed by atoms with van der Waals surface area (Å²) in [6.07, 6.45) is 0.904. The van der Waals surface area contributed by atoms with Crippen molar-refractivity contribution >= 4 is 21.6 Å². The Kier molecular flexibility index (Phi) is 4.67. The molecule has 0 amide bonds. The molecule has 1 aromatic heterocycles. The lowest BCUT2D eigenvalue weighted by Gasteiger charge is -2.14. The van der Waals surface area contributed by atoms with Gasteiger partial charge in [-0.2, -0.15) is 0 Å². The van der Waals surface area contributed by atoms with Crippen molar-refractivity contribution in [3.8, 4) is 5.69 Å². The normalized spacial score (nSPS) is 10.9. The summed E-state index contributed by atoms with van der Waals surface area (Å²) < 4.78 is 9.63. The van der Waals surface area contributed by atoms with E-state index in [0.29, 0.717) is 13.2 Å². The van der Waals surface area contributed by atoms with Crippen molar-refractivity contribution in [3.05, 3.63) is 44.8 Å². The van der Waals surface area contributed by atoms with Gasteiger partial charge in [0.2, 0.25) is 0 Å². The summed E-state index contributed by atoms with van der Waals surface area (Å²) in [6.45, 7) is 3.09. The van der Waals surface area contributed by atoms with Crippen molar-refractivity contribution in [2.24, 2.45) is 0 Å². The SMILES string of the molecule is CCCn1c(COC)c(N)c(=O)n1-c1ccc(Br)cc1. The van der Waals surface area contributed by atoms with Crippen LogP contribution in [0.4, 0.5) is 5.69 Å². The van der Waals surface area contributed by atoms with Crippen molar-refractivity contribution in [3.63, 3.8) is 0 Å². The van der Waals surface area contributed by atoms with E-state index in [2.05, 4.69) is 22.9 Å². The van der Waals surface area contributed by atoms with Gasteiger partial charge in [0.1, 0.15) is 5.69 Å². The second-order valence-electron chi connectivity index (χ2n) is 4.51. The first-order chi connectivity index (χ1) is 9.60. The molecule has 0 saturated heterocycles. The second kappa shape index (κ2) is 6.28. The number of rotatable bonds is 5. The number of benzene rings is 1. The smallest absolute Gasteiger partial charge is 0.294 e. The first-order valence-electron chi connectivity index (χ1n) is 6.45. The third-order valence-electron chi connectivity index (χ3n) is 3.07. The highest BCUT2D eigenvalue weighted by molar-refractivity contribution is 9.10. The molecule has 1 heterocycles. The Hall–Kier alpha value is -1.53. The maximum atomic E-state index is 12.4. The quantitative estimate of drug-likeness (QED) is 0.910. The molecule has 0 spiro atoms. The minimum absolute atomic E-state index is 0.201. The van der Waals surface area contributed by atoms with Crippen LogP contribution in [-0.2, 0) is 17.9 Å². The van der Waals surface area contributed by atoms with Crippen LogP contribution in [0.2, 0.25) is 0 Å². The van der Waals surface area contributed by atoms with E-state index in [1.54, 1.807) is 11.8 Å². The Bertz CT molecular complexity index is 644. The molecule has 0 aliphatic rings. The Morgan fingerprint density at radius 2 is 1.95 bits per heavy atom. The van der Waals surface area contributed by atoms with E-state index >= 15 is 0 Å². The Morgan fingerprint density at radius 3 is 2.50 bits per heavy atom. The molecular weight excluding hydrogens is 322 g/mol. The van der Waals surface area contributed by atoms with Crippen LogP contribution in [0.3, 0.4) is 0 Å². The van der Waals surface area contributed by atoms with Crippen LogP contribution in [0, 0.1) is 0 Å². The molecule has 0 aliphatic carbocycles. The molecule has 5 nitrogen and oxygen atoms in total. The number of nitrogen functional groups attached to an aromatic ring is 1. The molecule has 0 unspecified atom stereocenters. The van der Waals surface area contributed by atoms with Gasteiger partial charge < -0.3 is 10.5 Å². The van der Waals surface area contributed by atoms with Crippen molar-refractivity contribution in [2.45, 2.75) is 26.5 Å². The Labute approximate surface area is 126 Å². The lowest BCUT2D eigenvalue weighted by atomic mass is 10.3. The molecule has 0 aliphatic heterocycles. The number of halogens is 1. The van der Waals surface area contributed by atoms with E-state index in [1.165, 1.54) is 0 Å². The summed E-state index contributed by atoms with van der Waals surface area (Å²) in [4.78, 5) is 12.4. The standard InChI is InChI=1S/C14H18BrN3O2/c1-3-8-17-12(9-20-2)13(16)14(19)18(17)11-6-4-10(15)5-7-11/h4-7H,3,8-9,16H2,1-2H3. The summed E-state index contributed by atoms with van der Waals surface area (Å²) in [7, 11) is 1.59. The average molecular weight is 340 g/mol. The maximum absolute atomic E-state index is 12.4. The number of methoxy groups -OCH3 is 1. The minimum Gasteiger partial charge on any atom is -0.393 e. The van der Waals surface area contributed by atoms with Crippen LogP contribution in [0.25, 0.3) is 5.69 Å². The molecule has 0 atom stereocenters. The monoisotopic (exact) mass is 339 g/mol. The highest BCUT2D eigenvalue weighted by atomic mass is 79.9. The van der Waals surface area contributed by atoms with Crippen LogP contribution in [0.1, 0.15) is 19.0 Å². The first kappa shape index (κ1) is 14.9. The Balaban J connectivity index is 2.64. The predicted molar refractivity (Wildman–Crippen MR) is 83.1 cm³/mol. The number of ether oxygens (including phenoxy) is 1. The third-order valence-corrected chi connectivity index (χ3v) is 3.60. The van der Waals surface area contributed by atoms with E-state index in [4.69, 9.17) is 10.5 Å². The van der Waals surface area contributed by atoms with Gasteiger partial charge in [0.25, 0.3) is 5.56 Å². The molecule has 6 heteroatoms. The minimum atomic E-state index is -0.201. The zero-order chi connectivity index (χ0) is 14.7. The molecule has 2 aromatic rings. The predicted octanol–water partition coefficient (Wildman–Crippen LogP) is 2.54. The number of nitrogens with zero attached hydrogens (tertiary/aromatic N) is 2. The largest absolute Gasteiger partial charge is 0.393 e. The fraction of sp³-hybridized carbons (Fsp3) is 0.357. The van der Waals surface area contributed by atoms with Crippen LogP contribution < -0.4 is 11.3 Å². The van der Waals surface area contributed by atoms with Crippen molar-refractivity contribution in [1.82, 2.24) is 9.36 Å². The summed E-state index contributed by atoms with van der Waals surface area (Å²) in [5.41, 5.74) is 7.51. The van der Waals surface area contributed by atoms with Gasteiger partial charge in [0.05, 0.1) is 18.0 Å². The molecular formula is C14H18BrN3O2. The fourth-order valence-corrected chi connectivity index (χ4v) is 2.45. The summed E-state index contributed by atoms with van der Waals surface area (Å²) >= 11 is 3.39. The third kappa shape index (κ3) is 2.66. The highest BCUT2D eigenvalue weighted by Crippen LogP contribution is 2.17. The number of hydrogen-bond donors (Lipinski definition) is 1. The molecule has 0 bridgehead atoms. The lowest BCUT2D eigenvalue weighted by molar-refractivity contribution is 0.176. The molecule has 2 N–H and O–H groups in total. The van der Waals surface area contributed by atoms with Gasteiger partial charge in [-0.1, -0.05) is 22.9 Å². The molecule has 20 heavy (non-hydrogen) atoms. The van der Waals surface area contributed by atoms with Gasteiger partial charge in [0, 0.05) is 18.1 Å². The summed E-state index contributed by atoms with van der Waals surface area (Å²) in [6, 6.07) is 7.57. The maximum Gasteiger partial charge on any atom is 0.294 e.